The molecule has 6 heteroatoms. The number of allylic oxidation sites excluding steroid dienone is 1. The number of ether oxygens (including phenoxy) is 1. The molecule has 0 spiro atoms. The van der Waals surface area contributed by atoms with E-state index in [9.17, 15) is 14.0 Å². The third-order valence-corrected chi connectivity index (χ3v) is 4.25. The summed E-state index contributed by atoms with van der Waals surface area (Å²) in [6.07, 6.45) is 0.343. The first-order valence-electron chi connectivity index (χ1n) is 7.50. The largest absolute Gasteiger partial charge is 0.459 e. The number of halogens is 2. The number of esters is 1. The zero-order chi connectivity index (χ0) is 17.1. The van der Waals surface area contributed by atoms with Gasteiger partial charge in [-0.1, -0.05) is 24.6 Å². The molecule has 1 amide bonds. The van der Waals surface area contributed by atoms with Gasteiger partial charge in [0.15, 0.2) is 0 Å². The van der Waals surface area contributed by atoms with Crippen LogP contribution in [0, 0.1) is 5.82 Å². The van der Waals surface area contributed by atoms with Gasteiger partial charge in [-0.15, -0.1) is 0 Å². The molecule has 2 rings (SSSR count). The Balaban J connectivity index is 2.49. The molecule has 1 aliphatic rings. The zero-order valence-electron chi connectivity index (χ0n) is 13.3. The minimum absolute atomic E-state index is 0.0526. The van der Waals surface area contributed by atoms with Crippen LogP contribution in [0.25, 0.3) is 0 Å². The summed E-state index contributed by atoms with van der Waals surface area (Å²) in [6, 6.07) is 4.29. The number of amides is 1. The molecule has 0 bridgehead atoms. The van der Waals surface area contributed by atoms with E-state index < -0.39 is 17.7 Å². The van der Waals surface area contributed by atoms with E-state index in [4.69, 9.17) is 16.3 Å². The van der Waals surface area contributed by atoms with Crippen molar-refractivity contribution in [2.24, 2.45) is 0 Å². The Morgan fingerprint density at radius 2 is 2.22 bits per heavy atom. The van der Waals surface area contributed by atoms with Crippen LogP contribution in [0.5, 0.6) is 0 Å². The van der Waals surface area contributed by atoms with E-state index in [2.05, 4.69) is 5.32 Å². The fraction of sp³-hybridized carbons (Fsp3) is 0.412. The van der Waals surface area contributed by atoms with Gasteiger partial charge in [0.1, 0.15) is 5.82 Å². The molecule has 1 heterocycles. The summed E-state index contributed by atoms with van der Waals surface area (Å²) in [4.78, 5) is 24.4. The van der Waals surface area contributed by atoms with E-state index in [1.807, 2.05) is 6.92 Å². The third kappa shape index (κ3) is 3.72. The maximum absolute atomic E-state index is 14.3. The maximum Gasteiger partial charge on any atom is 0.336 e. The Bertz CT molecular complexity index is 652. The zero-order valence-corrected chi connectivity index (χ0v) is 14.0. The molecule has 4 nitrogen and oxygen atoms in total. The monoisotopic (exact) mass is 339 g/mol. The average molecular weight is 340 g/mol. The fourth-order valence-electron chi connectivity index (χ4n) is 2.59. The average Bonchev–Trinajstić information content (AvgIpc) is 2.46. The molecule has 23 heavy (non-hydrogen) atoms. The van der Waals surface area contributed by atoms with Crippen LogP contribution in [0.1, 0.15) is 45.1 Å². The summed E-state index contributed by atoms with van der Waals surface area (Å²) in [5.74, 6) is -2.14. The van der Waals surface area contributed by atoms with Gasteiger partial charge in [0.05, 0.1) is 11.7 Å². The quantitative estimate of drug-likeness (QED) is 0.851. The van der Waals surface area contributed by atoms with Gasteiger partial charge in [-0.05, 0) is 32.4 Å². The van der Waals surface area contributed by atoms with Crippen LogP contribution in [0.2, 0.25) is 5.02 Å². The Hall–Kier alpha value is -1.88. The molecular weight excluding hydrogens is 321 g/mol. The lowest BCUT2D eigenvalue weighted by Gasteiger charge is -2.28. The minimum atomic E-state index is -0.756. The van der Waals surface area contributed by atoms with Gasteiger partial charge in [-0.2, -0.15) is 0 Å². The van der Waals surface area contributed by atoms with E-state index in [0.29, 0.717) is 12.1 Å². The van der Waals surface area contributed by atoms with Crippen LogP contribution in [0.15, 0.2) is 29.5 Å². The maximum atomic E-state index is 14.3. The molecule has 0 fully saturated rings. The predicted octanol–water partition coefficient (Wildman–Crippen LogP) is 3.70. The molecule has 124 valence electrons. The van der Waals surface area contributed by atoms with Crippen molar-refractivity contribution in [3.63, 3.8) is 0 Å². The van der Waals surface area contributed by atoms with Crippen LogP contribution in [0.3, 0.4) is 0 Å². The highest BCUT2D eigenvalue weighted by atomic mass is 35.5. The fourth-order valence-corrected chi connectivity index (χ4v) is 2.89. The molecule has 0 unspecified atom stereocenters. The topological polar surface area (TPSA) is 55.4 Å². The second kappa shape index (κ2) is 7.13. The molecular formula is C17H19ClFNO3. The Labute approximate surface area is 139 Å². The summed E-state index contributed by atoms with van der Waals surface area (Å²) < 4.78 is 19.6. The van der Waals surface area contributed by atoms with E-state index in [1.165, 1.54) is 12.1 Å². The van der Waals surface area contributed by atoms with Crippen LogP contribution in [-0.2, 0) is 14.3 Å². The number of benzene rings is 1. The lowest BCUT2D eigenvalue weighted by molar-refractivity contribution is -0.144. The Morgan fingerprint density at radius 3 is 2.83 bits per heavy atom. The van der Waals surface area contributed by atoms with Gasteiger partial charge in [0.2, 0.25) is 5.91 Å². The molecule has 0 saturated heterocycles. The SMILES string of the molecule is CC[C@H](C)OC(=O)C1=C(C)NC(=O)C[C@H]1c1c(F)cccc1Cl. The van der Waals surface area contributed by atoms with Crippen molar-refractivity contribution in [3.05, 3.63) is 45.9 Å². The van der Waals surface area contributed by atoms with Crippen LogP contribution in [0.4, 0.5) is 4.39 Å². The standard InChI is InChI=1S/C17H19ClFNO3/c1-4-9(2)23-17(22)15-10(3)20-14(21)8-11(15)16-12(18)6-5-7-13(16)19/h5-7,9,11H,4,8H2,1-3H3,(H,20,21)/t9-,11+/m0/s1. The van der Waals surface area contributed by atoms with Crippen molar-refractivity contribution >= 4 is 23.5 Å². The number of nitrogens with one attached hydrogen (secondary N) is 1. The Morgan fingerprint density at radius 1 is 1.52 bits per heavy atom. The van der Waals surface area contributed by atoms with Crippen molar-refractivity contribution in [3.8, 4) is 0 Å². The second-order valence-corrected chi connectivity index (χ2v) is 6.01. The number of carbonyl (C=O) groups is 2. The van der Waals surface area contributed by atoms with E-state index in [0.717, 1.165) is 0 Å². The molecule has 2 atom stereocenters. The van der Waals surface area contributed by atoms with E-state index in [1.54, 1.807) is 19.9 Å². The van der Waals surface area contributed by atoms with Crippen LogP contribution < -0.4 is 5.32 Å². The summed E-state index contributed by atoms with van der Waals surface area (Å²) >= 11 is 6.11. The number of hydrogen-bond donors (Lipinski definition) is 1. The predicted molar refractivity (Wildman–Crippen MR) is 85.5 cm³/mol. The highest BCUT2D eigenvalue weighted by Crippen LogP contribution is 2.38. The van der Waals surface area contributed by atoms with Gasteiger partial charge >= 0.3 is 5.97 Å². The normalized spacial score (nSPS) is 19.3. The molecule has 0 aromatic heterocycles. The van der Waals surface area contributed by atoms with E-state index >= 15 is 0 Å². The van der Waals surface area contributed by atoms with Gasteiger partial charge in [-0.25, -0.2) is 9.18 Å². The van der Waals surface area contributed by atoms with Gasteiger partial charge in [0.25, 0.3) is 0 Å². The highest BCUT2D eigenvalue weighted by molar-refractivity contribution is 6.31. The molecule has 0 saturated carbocycles. The third-order valence-electron chi connectivity index (χ3n) is 3.92. The first-order valence-corrected chi connectivity index (χ1v) is 7.88. The summed E-state index contributed by atoms with van der Waals surface area (Å²) in [5, 5.41) is 2.80. The molecule has 0 aliphatic carbocycles. The summed E-state index contributed by atoms with van der Waals surface area (Å²) in [6.45, 7) is 5.28. The molecule has 1 N–H and O–H groups in total. The summed E-state index contributed by atoms with van der Waals surface area (Å²) in [7, 11) is 0. The minimum Gasteiger partial charge on any atom is -0.459 e. The smallest absolute Gasteiger partial charge is 0.336 e. The second-order valence-electron chi connectivity index (χ2n) is 5.60. The molecule has 0 radical (unpaired) electrons. The van der Waals surface area contributed by atoms with Crippen LogP contribution >= 0.6 is 11.6 Å². The van der Waals surface area contributed by atoms with Crippen LogP contribution in [-0.4, -0.2) is 18.0 Å². The van der Waals surface area contributed by atoms with Gasteiger partial charge in [0, 0.05) is 28.6 Å². The lowest BCUT2D eigenvalue weighted by atomic mass is 9.84. The number of carbonyl (C=O) groups excluding carboxylic acids is 2. The van der Waals surface area contributed by atoms with Gasteiger partial charge in [-0.3, -0.25) is 4.79 Å². The first-order chi connectivity index (χ1) is 10.8. The lowest BCUT2D eigenvalue weighted by Crippen LogP contribution is -2.35. The summed E-state index contributed by atoms with van der Waals surface area (Å²) in [5.41, 5.74) is 0.773. The van der Waals surface area contributed by atoms with Crippen molar-refractivity contribution < 1.29 is 18.7 Å². The number of hydrogen-bond acceptors (Lipinski definition) is 3. The van der Waals surface area contributed by atoms with Gasteiger partial charge < -0.3 is 10.1 Å². The van der Waals surface area contributed by atoms with Crippen molar-refractivity contribution in [2.45, 2.75) is 45.6 Å². The van der Waals surface area contributed by atoms with E-state index in [-0.39, 0.29) is 34.6 Å². The highest BCUT2D eigenvalue weighted by Gasteiger charge is 2.35. The number of rotatable bonds is 4. The Kier molecular flexibility index (Phi) is 5.42. The van der Waals surface area contributed by atoms with Crippen molar-refractivity contribution in [1.82, 2.24) is 5.32 Å². The first kappa shape index (κ1) is 17.5. The molecule has 1 aromatic carbocycles. The molecule has 1 aliphatic heterocycles. The molecule has 1 aromatic rings. The van der Waals surface area contributed by atoms with Crippen molar-refractivity contribution in [1.29, 1.82) is 0 Å². The van der Waals surface area contributed by atoms with Crippen molar-refractivity contribution in [2.75, 3.05) is 0 Å².